The van der Waals surface area contributed by atoms with Crippen molar-refractivity contribution >= 4 is 5.82 Å². The summed E-state index contributed by atoms with van der Waals surface area (Å²) in [5.74, 6) is 0.378. The summed E-state index contributed by atoms with van der Waals surface area (Å²) in [4.78, 5) is 4.37. The minimum atomic E-state index is -0.282. The van der Waals surface area contributed by atoms with Crippen LogP contribution in [0.2, 0.25) is 0 Å². The number of hydrogen-bond acceptors (Lipinski definition) is 4. The van der Waals surface area contributed by atoms with Gasteiger partial charge in [0.05, 0.1) is 18.9 Å². The van der Waals surface area contributed by atoms with Gasteiger partial charge in [-0.15, -0.1) is 0 Å². The molecule has 1 aromatic heterocycles. The van der Waals surface area contributed by atoms with Gasteiger partial charge >= 0.3 is 0 Å². The molecule has 4 N–H and O–H groups in total. The Hall–Kier alpha value is -1.13. The van der Waals surface area contributed by atoms with Crippen molar-refractivity contribution < 1.29 is 10.2 Å². The summed E-state index contributed by atoms with van der Waals surface area (Å²) in [6.07, 6.45) is 2.92. The van der Waals surface area contributed by atoms with Crippen molar-refractivity contribution in [2.75, 3.05) is 12.3 Å². The fourth-order valence-corrected chi connectivity index (χ4v) is 2.40. The van der Waals surface area contributed by atoms with Crippen molar-refractivity contribution in [2.45, 2.75) is 38.2 Å². The molecule has 0 saturated carbocycles. The summed E-state index contributed by atoms with van der Waals surface area (Å²) in [6, 6.07) is 1.92. The first-order chi connectivity index (χ1) is 7.60. The number of aryl methyl sites for hydroxylation is 1. The van der Waals surface area contributed by atoms with Gasteiger partial charge in [0.25, 0.3) is 0 Å². The number of rotatable bonds is 2. The predicted molar refractivity (Wildman–Crippen MR) is 61.9 cm³/mol. The Morgan fingerprint density at radius 3 is 2.88 bits per heavy atom. The standard InChI is InChI=1S/C12H18N2O2/c1-12(7-16)4-2-3-8-5-9(6-15)11(13)14-10(8)12/h5,15-16H,2-4,6-7H2,1H3,(H2,13,14). The topological polar surface area (TPSA) is 79.4 Å². The third-order valence-corrected chi connectivity index (χ3v) is 3.48. The molecule has 4 heteroatoms. The second-order valence-electron chi connectivity index (χ2n) is 4.77. The highest BCUT2D eigenvalue weighted by Crippen LogP contribution is 2.36. The van der Waals surface area contributed by atoms with Crippen molar-refractivity contribution in [3.8, 4) is 0 Å². The molecule has 1 aromatic rings. The lowest BCUT2D eigenvalue weighted by atomic mass is 9.74. The first-order valence-corrected chi connectivity index (χ1v) is 5.61. The molecule has 1 unspecified atom stereocenters. The van der Waals surface area contributed by atoms with Gasteiger partial charge in [0, 0.05) is 11.0 Å². The van der Waals surface area contributed by atoms with E-state index in [1.54, 1.807) is 0 Å². The van der Waals surface area contributed by atoms with Crippen molar-refractivity contribution in [2.24, 2.45) is 0 Å². The van der Waals surface area contributed by atoms with Crippen LogP contribution in [0, 0.1) is 0 Å². The molecule has 0 radical (unpaired) electrons. The lowest BCUT2D eigenvalue weighted by molar-refractivity contribution is 0.184. The number of fused-ring (bicyclic) bond motifs is 1. The Morgan fingerprint density at radius 1 is 1.50 bits per heavy atom. The molecule has 0 aliphatic heterocycles. The average Bonchev–Trinajstić information content (AvgIpc) is 2.30. The highest BCUT2D eigenvalue weighted by atomic mass is 16.3. The Labute approximate surface area is 95.1 Å². The van der Waals surface area contributed by atoms with Gasteiger partial charge in [-0.1, -0.05) is 6.92 Å². The van der Waals surface area contributed by atoms with Crippen molar-refractivity contribution in [3.05, 3.63) is 22.9 Å². The quantitative estimate of drug-likeness (QED) is 0.689. The van der Waals surface area contributed by atoms with Gasteiger partial charge in [-0.25, -0.2) is 4.98 Å². The van der Waals surface area contributed by atoms with Gasteiger partial charge in [0.1, 0.15) is 5.82 Å². The smallest absolute Gasteiger partial charge is 0.129 e. The van der Waals surface area contributed by atoms with E-state index in [1.165, 1.54) is 0 Å². The van der Waals surface area contributed by atoms with Crippen LogP contribution in [-0.2, 0) is 18.4 Å². The number of aliphatic hydroxyl groups is 2. The van der Waals surface area contributed by atoms with Crippen LogP contribution in [0.4, 0.5) is 5.82 Å². The maximum atomic E-state index is 9.48. The lowest BCUT2D eigenvalue weighted by Crippen LogP contribution is -2.33. The summed E-state index contributed by atoms with van der Waals surface area (Å²) in [7, 11) is 0. The molecular formula is C12H18N2O2. The number of anilines is 1. The second-order valence-corrected chi connectivity index (χ2v) is 4.77. The number of nitrogens with zero attached hydrogens (tertiary/aromatic N) is 1. The minimum Gasteiger partial charge on any atom is -0.395 e. The summed E-state index contributed by atoms with van der Waals surface area (Å²) >= 11 is 0. The Kier molecular flexibility index (Phi) is 2.86. The Bertz CT molecular complexity index is 406. The Balaban J connectivity index is 2.54. The molecule has 1 aliphatic carbocycles. The molecule has 0 aromatic carbocycles. The monoisotopic (exact) mass is 222 g/mol. The SMILES string of the molecule is CC1(CO)CCCc2cc(CO)c(N)nc21. The number of nitrogen functional groups attached to an aromatic ring is 1. The Morgan fingerprint density at radius 2 is 2.25 bits per heavy atom. The summed E-state index contributed by atoms with van der Waals surface area (Å²) in [6.45, 7) is 2.02. The number of hydrogen-bond donors (Lipinski definition) is 3. The molecule has 88 valence electrons. The van der Waals surface area contributed by atoms with E-state index in [-0.39, 0.29) is 18.6 Å². The van der Waals surface area contributed by atoms with Crippen LogP contribution in [0.3, 0.4) is 0 Å². The number of aromatic nitrogens is 1. The molecule has 0 saturated heterocycles. The third-order valence-electron chi connectivity index (χ3n) is 3.48. The van der Waals surface area contributed by atoms with E-state index in [1.807, 2.05) is 13.0 Å². The largest absolute Gasteiger partial charge is 0.395 e. The van der Waals surface area contributed by atoms with Crippen LogP contribution >= 0.6 is 0 Å². The van der Waals surface area contributed by atoms with E-state index in [9.17, 15) is 5.11 Å². The van der Waals surface area contributed by atoms with Crippen molar-refractivity contribution in [1.82, 2.24) is 4.98 Å². The average molecular weight is 222 g/mol. The minimum absolute atomic E-state index is 0.0814. The zero-order valence-electron chi connectivity index (χ0n) is 9.53. The van der Waals surface area contributed by atoms with E-state index in [4.69, 9.17) is 10.8 Å². The van der Waals surface area contributed by atoms with Crippen molar-refractivity contribution in [1.29, 1.82) is 0 Å². The molecule has 2 rings (SSSR count). The van der Waals surface area contributed by atoms with Crippen LogP contribution < -0.4 is 5.73 Å². The summed E-state index contributed by atoms with van der Waals surface area (Å²) in [5.41, 5.74) is 8.19. The highest BCUT2D eigenvalue weighted by Gasteiger charge is 2.33. The van der Waals surface area contributed by atoms with Crippen LogP contribution in [0.15, 0.2) is 6.07 Å². The van der Waals surface area contributed by atoms with E-state index >= 15 is 0 Å². The first-order valence-electron chi connectivity index (χ1n) is 5.61. The van der Waals surface area contributed by atoms with Crippen LogP contribution in [0.25, 0.3) is 0 Å². The molecule has 1 atom stereocenters. The summed E-state index contributed by atoms with van der Waals surface area (Å²) in [5, 5.41) is 18.6. The molecule has 0 amide bonds. The second kappa shape index (κ2) is 4.03. The van der Waals surface area contributed by atoms with Gasteiger partial charge in [-0.2, -0.15) is 0 Å². The summed E-state index contributed by atoms with van der Waals surface area (Å²) < 4.78 is 0. The molecule has 1 heterocycles. The number of aliphatic hydroxyl groups excluding tert-OH is 2. The zero-order chi connectivity index (χ0) is 11.8. The molecule has 4 nitrogen and oxygen atoms in total. The number of nitrogens with two attached hydrogens (primary N) is 1. The third kappa shape index (κ3) is 1.68. The van der Waals surface area contributed by atoms with E-state index in [2.05, 4.69) is 4.98 Å². The molecule has 16 heavy (non-hydrogen) atoms. The van der Waals surface area contributed by atoms with E-state index in [0.717, 1.165) is 30.5 Å². The highest BCUT2D eigenvalue weighted by molar-refractivity contribution is 5.46. The number of pyridine rings is 1. The van der Waals surface area contributed by atoms with Gasteiger partial charge in [0.15, 0.2) is 0 Å². The predicted octanol–water partition coefficient (Wildman–Crippen LogP) is 0.742. The lowest BCUT2D eigenvalue weighted by Gasteiger charge is -2.33. The van der Waals surface area contributed by atoms with Crippen molar-refractivity contribution in [3.63, 3.8) is 0 Å². The fourth-order valence-electron chi connectivity index (χ4n) is 2.40. The maximum Gasteiger partial charge on any atom is 0.129 e. The van der Waals surface area contributed by atoms with E-state index in [0.29, 0.717) is 11.4 Å². The maximum absolute atomic E-state index is 9.48. The molecule has 1 aliphatic rings. The molecular weight excluding hydrogens is 204 g/mol. The zero-order valence-corrected chi connectivity index (χ0v) is 9.53. The first kappa shape index (κ1) is 11.4. The normalized spacial score (nSPS) is 24.2. The van der Waals surface area contributed by atoms with Gasteiger partial charge in [-0.3, -0.25) is 0 Å². The molecule has 0 fully saturated rings. The molecule has 0 spiro atoms. The van der Waals surface area contributed by atoms with Gasteiger partial charge in [-0.05, 0) is 30.9 Å². The van der Waals surface area contributed by atoms with Crippen LogP contribution in [0.5, 0.6) is 0 Å². The molecule has 0 bridgehead atoms. The van der Waals surface area contributed by atoms with Crippen LogP contribution in [-0.4, -0.2) is 21.8 Å². The van der Waals surface area contributed by atoms with E-state index < -0.39 is 0 Å². The van der Waals surface area contributed by atoms with Gasteiger partial charge in [0.2, 0.25) is 0 Å². The van der Waals surface area contributed by atoms with Crippen LogP contribution in [0.1, 0.15) is 36.6 Å². The van der Waals surface area contributed by atoms with Gasteiger partial charge < -0.3 is 15.9 Å². The fraction of sp³-hybridized carbons (Fsp3) is 0.583.